The molecule has 1 atom stereocenters. The molecule has 134 valence electrons. The third-order valence-corrected chi connectivity index (χ3v) is 4.17. The SMILES string of the molecule is CCCc1ccc(OCNC(=O)NC(C)c2ccc(CC)cc2)cc1. The highest BCUT2D eigenvalue weighted by atomic mass is 16.5. The van der Waals surface area contributed by atoms with Crippen LogP contribution in [0.3, 0.4) is 0 Å². The minimum absolute atomic E-state index is 0.0563. The number of amides is 2. The van der Waals surface area contributed by atoms with Gasteiger partial charge in [-0.1, -0.05) is 56.7 Å². The molecule has 2 N–H and O–H groups in total. The first kappa shape index (κ1) is 18.8. The van der Waals surface area contributed by atoms with Gasteiger partial charge >= 0.3 is 6.03 Å². The van der Waals surface area contributed by atoms with Gasteiger partial charge in [0.2, 0.25) is 0 Å². The number of ether oxygens (including phenoxy) is 1. The molecule has 0 aromatic heterocycles. The van der Waals surface area contributed by atoms with Crippen LogP contribution in [0.4, 0.5) is 4.79 Å². The summed E-state index contributed by atoms with van der Waals surface area (Å²) in [6, 6.07) is 16.0. The average Bonchev–Trinajstić information content (AvgIpc) is 2.63. The van der Waals surface area contributed by atoms with Crippen molar-refractivity contribution in [1.82, 2.24) is 10.6 Å². The Kier molecular flexibility index (Phi) is 7.33. The predicted molar refractivity (Wildman–Crippen MR) is 102 cm³/mol. The molecule has 0 saturated heterocycles. The lowest BCUT2D eigenvalue weighted by atomic mass is 10.1. The Labute approximate surface area is 150 Å². The monoisotopic (exact) mass is 340 g/mol. The molecule has 0 aliphatic rings. The van der Waals surface area contributed by atoms with Gasteiger partial charge in [-0.25, -0.2) is 4.79 Å². The van der Waals surface area contributed by atoms with Gasteiger partial charge in [-0.2, -0.15) is 0 Å². The van der Waals surface area contributed by atoms with Crippen molar-refractivity contribution in [1.29, 1.82) is 0 Å². The minimum Gasteiger partial charge on any atom is -0.473 e. The van der Waals surface area contributed by atoms with Gasteiger partial charge in [0.1, 0.15) is 5.75 Å². The Morgan fingerprint density at radius 2 is 1.64 bits per heavy atom. The summed E-state index contributed by atoms with van der Waals surface area (Å²) in [5.41, 5.74) is 3.67. The van der Waals surface area contributed by atoms with Crippen LogP contribution < -0.4 is 15.4 Å². The summed E-state index contributed by atoms with van der Waals surface area (Å²) in [5.74, 6) is 0.753. The summed E-state index contributed by atoms with van der Waals surface area (Å²) in [6.45, 7) is 6.39. The number of rotatable bonds is 8. The Hall–Kier alpha value is -2.49. The number of hydrogen-bond donors (Lipinski definition) is 2. The van der Waals surface area contributed by atoms with Gasteiger partial charge in [0.25, 0.3) is 0 Å². The highest BCUT2D eigenvalue weighted by Crippen LogP contribution is 2.14. The summed E-state index contributed by atoms with van der Waals surface area (Å²) in [5, 5.41) is 5.64. The zero-order chi connectivity index (χ0) is 18.1. The molecule has 0 spiro atoms. The standard InChI is InChI=1S/C21H28N2O2/c1-4-6-18-9-13-20(14-10-18)25-15-22-21(24)23-16(3)19-11-7-17(5-2)8-12-19/h7-14,16H,4-6,15H2,1-3H3,(H2,22,23,24). The lowest BCUT2D eigenvalue weighted by Crippen LogP contribution is -2.38. The second-order valence-electron chi connectivity index (χ2n) is 6.15. The number of carbonyl (C=O) groups is 1. The van der Waals surface area contributed by atoms with E-state index < -0.39 is 0 Å². The van der Waals surface area contributed by atoms with E-state index in [2.05, 4.69) is 60.9 Å². The van der Waals surface area contributed by atoms with Crippen LogP contribution in [0.2, 0.25) is 0 Å². The van der Waals surface area contributed by atoms with Gasteiger partial charge in [0, 0.05) is 0 Å². The molecule has 1 unspecified atom stereocenters. The highest BCUT2D eigenvalue weighted by Gasteiger charge is 2.09. The zero-order valence-corrected chi connectivity index (χ0v) is 15.3. The fourth-order valence-corrected chi connectivity index (χ4v) is 2.60. The van der Waals surface area contributed by atoms with E-state index in [0.717, 1.165) is 30.6 Å². The molecule has 2 aromatic carbocycles. The van der Waals surface area contributed by atoms with E-state index in [1.165, 1.54) is 11.1 Å². The summed E-state index contributed by atoms with van der Waals surface area (Å²) in [4.78, 5) is 12.0. The van der Waals surface area contributed by atoms with Gasteiger partial charge in [0.15, 0.2) is 6.73 Å². The molecule has 0 radical (unpaired) electrons. The second-order valence-corrected chi connectivity index (χ2v) is 6.15. The molecule has 4 nitrogen and oxygen atoms in total. The van der Waals surface area contributed by atoms with E-state index in [1.807, 2.05) is 19.1 Å². The molecule has 0 saturated carbocycles. The van der Waals surface area contributed by atoms with Gasteiger partial charge < -0.3 is 15.4 Å². The van der Waals surface area contributed by atoms with Crippen molar-refractivity contribution < 1.29 is 9.53 Å². The fourth-order valence-electron chi connectivity index (χ4n) is 2.60. The maximum absolute atomic E-state index is 12.0. The predicted octanol–water partition coefficient (Wildman–Crippen LogP) is 4.60. The first-order chi connectivity index (χ1) is 12.1. The van der Waals surface area contributed by atoms with Crippen LogP contribution in [0.25, 0.3) is 0 Å². The van der Waals surface area contributed by atoms with E-state index in [-0.39, 0.29) is 18.8 Å². The Morgan fingerprint density at radius 3 is 2.24 bits per heavy atom. The first-order valence-electron chi connectivity index (χ1n) is 8.97. The first-order valence-corrected chi connectivity index (χ1v) is 8.97. The zero-order valence-electron chi connectivity index (χ0n) is 15.3. The molecule has 4 heteroatoms. The number of benzene rings is 2. The van der Waals surface area contributed by atoms with Gasteiger partial charge in [0.05, 0.1) is 6.04 Å². The van der Waals surface area contributed by atoms with E-state index in [4.69, 9.17) is 4.74 Å². The molecular weight excluding hydrogens is 312 g/mol. The maximum atomic E-state index is 12.0. The molecule has 0 aliphatic heterocycles. The van der Waals surface area contributed by atoms with Crippen molar-refractivity contribution in [2.75, 3.05) is 6.73 Å². The minimum atomic E-state index is -0.241. The Morgan fingerprint density at radius 1 is 1.00 bits per heavy atom. The van der Waals surface area contributed by atoms with Crippen molar-refractivity contribution in [2.24, 2.45) is 0 Å². The number of carbonyl (C=O) groups excluding carboxylic acids is 1. The van der Waals surface area contributed by atoms with Gasteiger partial charge in [-0.15, -0.1) is 0 Å². The number of hydrogen-bond acceptors (Lipinski definition) is 2. The van der Waals surface area contributed by atoms with Crippen LogP contribution in [0, 0.1) is 0 Å². The van der Waals surface area contributed by atoms with Crippen LogP contribution in [-0.4, -0.2) is 12.8 Å². The highest BCUT2D eigenvalue weighted by molar-refractivity contribution is 5.74. The third-order valence-electron chi connectivity index (χ3n) is 4.17. The lowest BCUT2D eigenvalue weighted by molar-refractivity contribution is 0.221. The molecule has 0 heterocycles. The Balaban J connectivity index is 1.74. The molecule has 2 rings (SSSR count). The fraction of sp³-hybridized carbons (Fsp3) is 0.381. The molecule has 0 bridgehead atoms. The van der Waals surface area contributed by atoms with Crippen molar-refractivity contribution >= 4 is 6.03 Å². The second kappa shape index (κ2) is 9.72. The van der Waals surface area contributed by atoms with E-state index in [1.54, 1.807) is 0 Å². The molecule has 0 fully saturated rings. The van der Waals surface area contributed by atoms with Crippen LogP contribution in [0.5, 0.6) is 5.75 Å². The average molecular weight is 340 g/mol. The quantitative estimate of drug-likeness (QED) is 0.690. The van der Waals surface area contributed by atoms with Crippen molar-refractivity contribution in [3.63, 3.8) is 0 Å². The number of aryl methyl sites for hydroxylation is 2. The van der Waals surface area contributed by atoms with Crippen molar-refractivity contribution in [3.8, 4) is 5.75 Å². The van der Waals surface area contributed by atoms with Gasteiger partial charge in [-0.3, -0.25) is 0 Å². The lowest BCUT2D eigenvalue weighted by Gasteiger charge is -2.16. The van der Waals surface area contributed by atoms with E-state index >= 15 is 0 Å². The third kappa shape index (κ3) is 6.14. The Bertz CT molecular complexity index is 651. The maximum Gasteiger partial charge on any atom is 0.317 e. The van der Waals surface area contributed by atoms with Crippen LogP contribution in [0.15, 0.2) is 48.5 Å². The summed E-state index contributed by atoms with van der Waals surface area (Å²) in [7, 11) is 0. The van der Waals surface area contributed by atoms with Crippen LogP contribution >= 0.6 is 0 Å². The summed E-state index contributed by atoms with van der Waals surface area (Å²) in [6.07, 6.45) is 3.21. The van der Waals surface area contributed by atoms with E-state index in [0.29, 0.717) is 0 Å². The van der Waals surface area contributed by atoms with Crippen molar-refractivity contribution in [3.05, 3.63) is 65.2 Å². The topological polar surface area (TPSA) is 50.4 Å². The molecule has 25 heavy (non-hydrogen) atoms. The molecule has 2 aromatic rings. The summed E-state index contributed by atoms with van der Waals surface area (Å²) >= 11 is 0. The summed E-state index contributed by atoms with van der Waals surface area (Å²) < 4.78 is 5.56. The number of nitrogens with one attached hydrogen (secondary N) is 2. The normalized spacial score (nSPS) is 11.6. The van der Waals surface area contributed by atoms with E-state index in [9.17, 15) is 4.79 Å². The molecular formula is C21H28N2O2. The van der Waals surface area contributed by atoms with Crippen molar-refractivity contribution in [2.45, 2.75) is 46.1 Å². The number of urea groups is 1. The van der Waals surface area contributed by atoms with Crippen LogP contribution in [-0.2, 0) is 12.8 Å². The van der Waals surface area contributed by atoms with Crippen LogP contribution in [0.1, 0.15) is 49.9 Å². The van der Waals surface area contributed by atoms with Gasteiger partial charge in [-0.05, 0) is 48.6 Å². The molecule has 2 amide bonds. The molecule has 0 aliphatic carbocycles. The smallest absolute Gasteiger partial charge is 0.317 e. The largest absolute Gasteiger partial charge is 0.473 e.